The maximum absolute atomic E-state index is 12.0. The molecule has 0 radical (unpaired) electrons. The maximum Gasteiger partial charge on any atom is 0.223 e. The Kier molecular flexibility index (Phi) is 6.63. The average Bonchev–Trinajstić information content (AvgIpc) is 2.35. The third-order valence-corrected chi connectivity index (χ3v) is 3.64. The van der Waals surface area contributed by atoms with Crippen LogP contribution >= 0.6 is 23.2 Å². The molecule has 106 valence electrons. The van der Waals surface area contributed by atoms with Crippen LogP contribution in [0.3, 0.4) is 0 Å². The predicted octanol–water partition coefficient (Wildman–Crippen LogP) is 3.55. The molecule has 5 heteroatoms. The van der Waals surface area contributed by atoms with Gasteiger partial charge >= 0.3 is 0 Å². The van der Waals surface area contributed by atoms with Crippen molar-refractivity contribution < 1.29 is 4.79 Å². The Hall–Kier alpha value is -0.770. The summed E-state index contributed by atoms with van der Waals surface area (Å²) in [5.41, 5.74) is 6.31. The predicted molar refractivity (Wildman–Crippen MR) is 80.5 cm³/mol. The molecular formula is C14H20Cl2N2O. The first kappa shape index (κ1) is 16.3. The van der Waals surface area contributed by atoms with Gasteiger partial charge in [0.2, 0.25) is 5.91 Å². The van der Waals surface area contributed by atoms with Crippen LogP contribution in [0.25, 0.3) is 0 Å². The normalized spacial score (nSPS) is 13.9. The first-order valence-electron chi connectivity index (χ1n) is 6.41. The van der Waals surface area contributed by atoms with Gasteiger partial charge in [0.25, 0.3) is 0 Å². The highest BCUT2D eigenvalue weighted by atomic mass is 35.5. The third kappa shape index (κ3) is 5.01. The van der Waals surface area contributed by atoms with E-state index in [0.29, 0.717) is 16.6 Å². The van der Waals surface area contributed by atoms with E-state index in [1.807, 2.05) is 19.9 Å². The number of halogens is 2. The van der Waals surface area contributed by atoms with E-state index < -0.39 is 0 Å². The Bertz CT molecular complexity index is 437. The lowest BCUT2D eigenvalue weighted by Gasteiger charge is -2.19. The van der Waals surface area contributed by atoms with Crippen molar-refractivity contribution in [2.75, 3.05) is 6.54 Å². The van der Waals surface area contributed by atoms with E-state index in [0.717, 1.165) is 18.4 Å². The van der Waals surface area contributed by atoms with Crippen LogP contribution in [0.2, 0.25) is 10.0 Å². The zero-order valence-corrected chi connectivity index (χ0v) is 12.8. The molecular weight excluding hydrogens is 283 g/mol. The molecule has 0 saturated carbocycles. The van der Waals surface area contributed by atoms with Gasteiger partial charge in [-0.1, -0.05) is 36.2 Å². The fourth-order valence-corrected chi connectivity index (χ4v) is 2.41. The molecule has 0 spiro atoms. The van der Waals surface area contributed by atoms with Crippen molar-refractivity contribution in [1.29, 1.82) is 0 Å². The summed E-state index contributed by atoms with van der Waals surface area (Å²) < 4.78 is 0. The third-order valence-electron chi connectivity index (χ3n) is 3.08. The van der Waals surface area contributed by atoms with Crippen molar-refractivity contribution >= 4 is 29.1 Å². The zero-order valence-electron chi connectivity index (χ0n) is 11.2. The van der Waals surface area contributed by atoms with Gasteiger partial charge < -0.3 is 11.1 Å². The Morgan fingerprint density at radius 3 is 2.63 bits per heavy atom. The second kappa shape index (κ2) is 7.73. The van der Waals surface area contributed by atoms with Gasteiger partial charge in [-0.05, 0) is 44.0 Å². The number of rotatable bonds is 6. The summed E-state index contributed by atoms with van der Waals surface area (Å²) in [6, 6.07) is 5.14. The fraction of sp³-hybridized carbons (Fsp3) is 0.500. The molecule has 1 rings (SSSR count). The molecule has 1 aromatic rings. The largest absolute Gasteiger partial charge is 0.349 e. The molecule has 0 aliphatic rings. The smallest absolute Gasteiger partial charge is 0.223 e. The minimum Gasteiger partial charge on any atom is -0.349 e. The molecule has 0 saturated heterocycles. The molecule has 0 bridgehead atoms. The Morgan fingerprint density at radius 2 is 2.05 bits per heavy atom. The number of benzene rings is 1. The number of amides is 1. The van der Waals surface area contributed by atoms with Crippen molar-refractivity contribution in [2.24, 2.45) is 11.7 Å². The summed E-state index contributed by atoms with van der Waals surface area (Å²) >= 11 is 12.0. The molecule has 0 heterocycles. The first-order valence-corrected chi connectivity index (χ1v) is 7.16. The van der Waals surface area contributed by atoms with E-state index in [4.69, 9.17) is 28.9 Å². The highest BCUT2D eigenvalue weighted by Crippen LogP contribution is 2.26. The van der Waals surface area contributed by atoms with E-state index in [2.05, 4.69) is 5.32 Å². The number of hydrogen-bond donors (Lipinski definition) is 2. The lowest BCUT2D eigenvalue weighted by atomic mass is 10.0. The van der Waals surface area contributed by atoms with Gasteiger partial charge in [-0.2, -0.15) is 0 Å². The highest BCUT2D eigenvalue weighted by Gasteiger charge is 2.17. The van der Waals surface area contributed by atoms with Gasteiger partial charge in [0, 0.05) is 16.0 Å². The summed E-state index contributed by atoms with van der Waals surface area (Å²) in [6.07, 6.45) is 1.65. The van der Waals surface area contributed by atoms with Crippen molar-refractivity contribution in [3.63, 3.8) is 0 Å². The molecule has 0 fully saturated rings. The van der Waals surface area contributed by atoms with Gasteiger partial charge in [0.15, 0.2) is 0 Å². The van der Waals surface area contributed by atoms with Gasteiger partial charge in [0.05, 0.1) is 6.04 Å². The number of nitrogens with two attached hydrogens (primary N) is 1. The topological polar surface area (TPSA) is 55.1 Å². The van der Waals surface area contributed by atoms with Gasteiger partial charge in [-0.15, -0.1) is 0 Å². The summed E-state index contributed by atoms with van der Waals surface area (Å²) in [7, 11) is 0. The van der Waals surface area contributed by atoms with Crippen LogP contribution in [0.1, 0.15) is 38.3 Å². The van der Waals surface area contributed by atoms with Crippen molar-refractivity contribution in [1.82, 2.24) is 5.32 Å². The Labute approximate surface area is 124 Å². The van der Waals surface area contributed by atoms with Crippen LogP contribution in [0, 0.1) is 5.92 Å². The van der Waals surface area contributed by atoms with E-state index in [1.165, 1.54) is 0 Å². The maximum atomic E-state index is 12.0. The van der Waals surface area contributed by atoms with E-state index in [1.54, 1.807) is 12.1 Å². The quantitative estimate of drug-likeness (QED) is 0.844. The summed E-state index contributed by atoms with van der Waals surface area (Å²) in [6.45, 7) is 4.42. The molecule has 19 heavy (non-hydrogen) atoms. The van der Waals surface area contributed by atoms with Gasteiger partial charge in [-0.3, -0.25) is 4.79 Å². The summed E-state index contributed by atoms with van der Waals surface area (Å²) in [5.74, 6) is -0.0240. The zero-order chi connectivity index (χ0) is 14.4. The molecule has 1 amide bonds. The second-order valence-corrected chi connectivity index (χ2v) is 5.57. The standard InChI is InChI=1S/C14H20Cl2N2O/c1-9(4-3-7-17)14(19)18-10(2)12-6-5-11(15)8-13(12)16/h5-6,8-10H,3-4,7,17H2,1-2H3,(H,18,19). The van der Waals surface area contributed by atoms with Crippen LogP contribution in [-0.2, 0) is 4.79 Å². The highest BCUT2D eigenvalue weighted by molar-refractivity contribution is 6.35. The molecule has 2 unspecified atom stereocenters. The molecule has 3 nitrogen and oxygen atoms in total. The van der Waals surface area contributed by atoms with Crippen LogP contribution < -0.4 is 11.1 Å². The summed E-state index contributed by atoms with van der Waals surface area (Å²) in [5, 5.41) is 4.11. The minimum atomic E-state index is -0.141. The first-order chi connectivity index (χ1) is 8.95. The monoisotopic (exact) mass is 302 g/mol. The minimum absolute atomic E-state index is 0.0203. The lowest BCUT2D eigenvalue weighted by Crippen LogP contribution is -2.32. The second-order valence-electron chi connectivity index (χ2n) is 4.73. The van der Waals surface area contributed by atoms with Crippen LogP contribution in [0.5, 0.6) is 0 Å². The summed E-state index contributed by atoms with van der Waals surface area (Å²) in [4.78, 5) is 12.0. The van der Waals surface area contributed by atoms with Crippen LogP contribution in [0.4, 0.5) is 0 Å². The number of carbonyl (C=O) groups excluding carboxylic acids is 1. The van der Waals surface area contributed by atoms with Crippen molar-refractivity contribution in [3.05, 3.63) is 33.8 Å². The molecule has 0 aliphatic heterocycles. The molecule has 3 N–H and O–H groups in total. The van der Waals surface area contributed by atoms with Crippen LogP contribution in [-0.4, -0.2) is 12.5 Å². The number of hydrogen-bond acceptors (Lipinski definition) is 2. The molecule has 2 atom stereocenters. The van der Waals surface area contributed by atoms with Crippen molar-refractivity contribution in [3.8, 4) is 0 Å². The Morgan fingerprint density at radius 1 is 1.37 bits per heavy atom. The Balaban J connectivity index is 2.63. The van der Waals surface area contributed by atoms with E-state index in [9.17, 15) is 4.79 Å². The number of nitrogens with one attached hydrogen (secondary N) is 1. The SMILES string of the molecule is CC(CCCN)C(=O)NC(C)c1ccc(Cl)cc1Cl. The molecule has 1 aromatic carbocycles. The fourth-order valence-electron chi connectivity index (χ4n) is 1.84. The molecule has 0 aromatic heterocycles. The van der Waals surface area contributed by atoms with Gasteiger partial charge in [0.1, 0.15) is 0 Å². The molecule has 0 aliphatic carbocycles. The van der Waals surface area contributed by atoms with Gasteiger partial charge in [-0.25, -0.2) is 0 Å². The van der Waals surface area contributed by atoms with E-state index >= 15 is 0 Å². The van der Waals surface area contributed by atoms with E-state index in [-0.39, 0.29) is 17.9 Å². The van der Waals surface area contributed by atoms with Crippen LogP contribution in [0.15, 0.2) is 18.2 Å². The number of carbonyl (C=O) groups is 1. The lowest BCUT2D eigenvalue weighted by molar-refractivity contribution is -0.125. The van der Waals surface area contributed by atoms with Crippen molar-refractivity contribution in [2.45, 2.75) is 32.7 Å². The average molecular weight is 303 g/mol.